The molecule has 0 saturated heterocycles. The zero-order valence-corrected chi connectivity index (χ0v) is 15.5. The Morgan fingerprint density at radius 1 is 1.11 bits per heavy atom. The third-order valence-corrected chi connectivity index (χ3v) is 3.91. The van der Waals surface area contributed by atoms with Crippen molar-refractivity contribution in [2.24, 2.45) is 0 Å². The second-order valence-corrected chi connectivity index (χ2v) is 7.27. The average molecular weight is 367 g/mol. The van der Waals surface area contributed by atoms with Crippen molar-refractivity contribution in [2.75, 3.05) is 0 Å². The van der Waals surface area contributed by atoms with Crippen molar-refractivity contribution in [1.82, 2.24) is 4.98 Å². The van der Waals surface area contributed by atoms with Gasteiger partial charge in [0.15, 0.2) is 0 Å². The van der Waals surface area contributed by atoms with Crippen LogP contribution in [0.1, 0.15) is 36.7 Å². The molecule has 140 valence electrons. The molecule has 3 rings (SSSR count). The summed E-state index contributed by atoms with van der Waals surface area (Å²) < 4.78 is 11.2. The maximum Gasteiger partial charge on any atom is 0.506 e. The maximum atomic E-state index is 12.6. The normalized spacial score (nSPS) is 11.4. The van der Waals surface area contributed by atoms with Crippen molar-refractivity contribution in [3.63, 3.8) is 0 Å². The third kappa shape index (κ3) is 4.50. The molecule has 0 amide bonds. The number of rotatable bonds is 5. The summed E-state index contributed by atoms with van der Waals surface area (Å²) in [7, 11) is -1.83. The summed E-state index contributed by atoms with van der Waals surface area (Å²) in [6.07, 6.45) is 0. The SMILES string of the molecule is CC(C)(C)OC(=O)c1c(B(O)O)[nH]c2cc(OCc3ccccc3)ccc12. The van der Waals surface area contributed by atoms with E-state index in [1.807, 2.05) is 30.3 Å². The lowest BCUT2D eigenvalue weighted by Crippen LogP contribution is -2.37. The molecule has 27 heavy (non-hydrogen) atoms. The lowest BCUT2D eigenvalue weighted by molar-refractivity contribution is 0.00729. The number of carbonyl (C=O) groups is 1. The van der Waals surface area contributed by atoms with Gasteiger partial charge in [-0.3, -0.25) is 0 Å². The fourth-order valence-electron chi connectivity index (χ4n) is 2.77. The molecule has 0 unspecified atom stereocenters. The number of fused-ring (bicyclic) bond motifs is 1. The van der Waals surface area contributed by atoms with E-state index in [-0.39, 0.29) is 11.2 Å². The Balaban J connectivity index is 1.92. The van der Waals surface area contributed by atoms with Gasteiger partial charge in [0, 0.05) is 17.0 Å². The second kappa shape index (κ2) is 7.46. The summed E-state index contributed by atoms with van der Waals surface area (Å²) in [5.41, 5.74) is 1.01. The largest absolute Gasteiger partial charge is 0.506 e. The number of esters is 1. The Morgan fingerprint density at radius 3 is 2.44 bits per heavy atom. The number of aromatic amines is 1. The zero-order chi connectivity index (χ0) is 19.6. The molecule has 0 spiro atoms. The first-order valence-corrected chi connectivity index (χ1v) is 8.66. The summed E-state index contributed by atoms with van der Waals surface area (Å²) in [5, 5.41) is 19.9. The van der Waals surface area contributed by atoms with Gasteiger partial charge in [0.1, 0.15) is 18.0 Å². The molecule has 0 aliphatic carbocycles. The Bertz CT molecular complexity index is 944. The molecule has 6 nitrogen and oxygen atoms in total. The molecule has 3 aromatic rings. The molecule has 1 heterocycles. The molecule has 2 aromatic carbocycles. The topological polar surface area (TPSA) is 91.8 Å². The molecule has 3 N–H and O–H groups in total. The van der Waals surface area contributed by atoms with Crippen LogP contribution in [0.4, 0.5) is 0 Å². The van der Waals surface area contributed by atoms with E-state index in [0.29, 0.717) is 23.3 Å². The lowest BCUT2D eigenvalue weighted by Gasteiger charge is -2.19. The predicted molar refractivity (Wildman–Crippen MR) is 104 cm³/mol. The van der Waals surface area contributed by atoms with Crippen molar-refractivity contribution >= 4 is 29.6 Å². The van der Waals surface area contributed by atoms with Crippen molar-refractivity contribution in [3.8, 4) is 5.75 Å². The number of H-pyrrole nitrogens is 1. The maximum absolute atomic E-state index is 12.6. The first-order chi connectivity index (χ1) is 12.7. The second-order valence-electron chi connectivity index (χ2n) is 7.27. The summed E-state index contributed by atoms with van der Waals surface area (Å²) >= 11 is 0. The Hall–Kier alpha value is -2.77. The molecule has 0 bridgehead atoms. The van der Waals surface area contributed by atoms with Crippen LogP contribution in [-0.2, 0) is 11.3 Å². The lowest BCUT2D eigenvalue weighted by atomic mass is 9.83. The number of carbonyl (C=O) groups excluding carboxylic acids is 1. The fraction of sp³-hybridized carbons (Fsp3) is 0.250. The van der Waals surface area contributed by atoms with E-state index in [2.05, 4.69) is 4.98 Å². The van der Waals surface area contributed by atoms with Crippen LogP contribution in [0, 0.1) is 0 Å². The molecule has 0 aliphatic rings. The van der Waals surface area contributed by atoms with Gasteiger partial charge in [-0.05, 0) is 38.5 Å². The monoisotopic (exact) mass is 367 g/mol. The number of nitrogens with one attached hydrogen (secondary N) is 1. The highest BCUT2D eigenvalue weighted by Crippen LogP contribution is 2.25. The van der Waals surface area contributed by atoms with Gasteiger partial charge in [-0.1, -0.05) is 30.3 Å². The molecule has 1 aromatic heterocycles. The first-order valence-electron chi connectivity index (χ1n) is 8.66. The Labute approximate surface area is 157 Å². The Morgan fingerprint density at radius 2 is 1.81 bits per heavy atom. The van der Waals surface area contributed by atoms with E-state index in [1.165, 1.54) is 0 Å². The van der Waals surface area contributed by atoms with Crippen molar-refractivity contribution in [2.45, 2.75) is 33.0 Å². The van der Waals surface area contributed by atoms with Gasteiger partial charge in [0.2, 0.25) is 0 Å². The van der Waals surface area contributed by atoms with Gasteiger partial charge in [-0.2, -0.15) is 0 Å². The van der Waals surface area contributed by atoms with Crippen LogP contribution in [-0.4, -0.2) is 33.7 Å². The highest BCUT2D eigenvalue weighted by molar-refractivity contribution is 6.60. The van der Waals surface area contributed by atoms with Crippen molar-refractivity contribution < 1.29 is 24.3 Å². The average Bonchev–Trinajstić information content (AvgIpc) is 2.98. The van der Waals surface area contributed by atoms with Gasteiger partial charge in [-0.15, -0.1) is 0 Å². The molecule has 7 heteroatoms. The predicted octanol–water partition coefficient (Wildman–Crippen LogP) is 2.38. The van der Waals surface area contributed by atoms with Crippen LogP contribution in [0.15, 0.2) is 48.5 Å². The number of aromatic nitrogens is 1. The molecule has 0 atom stereocenters. The van der Waals surface area contributed by atoms with E-state index in [1.54, 1.807) is 39.0 Å². The van der Waals surface area contributed by atoms with Crippen molar-refractivity contribution in [3.05, 3.63) is 59.7 Å². The van der Waals surface area contributed by atoms with Crippen LogP contribution < -0.4 is 10.3 Å². The standard InChI is InChI=1S/C20H22BNO5/c1-20(2,3)27-19(23)17-15-10-9-14(11-16(15)22-18(17)21(24)25)26-12-13-7-5-4-6-8-13/h4-11,22,24-25H,12H2,1-3H3. The number of hydrogen-bond donors (Lipinski definition) is 3. The molecular formula is C20H22BNO5. The first kappa shape index (κ1) is 19.0. The van der Waals surface area contributed by atoms with E-state index >= 15 is 0 Å². The van der Waals surface area contributed by atoms with Crippen LogP contribution >= 0.6 is 0 Å². The van der Waals surface area contributed by atoms with Crippen molar-refractivity contribution in [1.29, 1.82) is 0 Å². The van der Waals surface area contributed by atoms with E-state index in [0.717, 1.165) is 5.56 Å². The van der Waals surface area contributed by atoms with Crippen LogP contribution in [0.5, 0.6) is 5.75 Å². The molecule has 0 saturated carbocycles. The highest BCUT2D eigenvalue weighted by Gasteiger charge is 2.29. The molecule has 0 radical (unpaired) electrons. The third-order valence-electron chi connectivity index (χ3n) is 3.91. The van der Waals surface area contributed by atoms with E-state index < -0.39 is 18.7 Å². The summed E-state index contributed by atoms with van der Waals surface area (Å²) in [5.74, 6) is -0.0166. The van der Waals surface area contributed by atoms with Gasteiger partial charge >= 0.3 is 13.1 Å². The number of benzene rings is 2. The van der Waals surface area contributed by atoms with Gasteiger partial charge in [0.05, 0.1) is 11.2 Å². The number of ether oxygens (including phenoxy) is 2. The minimum Gasteiger partial charge on any atom is -0.489 e. The smallest absolute Gasteiger partial charge is 0.489 e. The highest BCUT2D eigenvalue weighted by atomic mass is 16.6. The number of hydrogen-bond acceptors (Lipinski definition) is 5. The fourth-order valence-corrected chi connectivity index (χ4v) is 2.77. The molecule has 0 aliphatic heterocycles. The minimum atomic E-state index is -1.83. The van der Waals surface area contributed by atoms with Gasteiger partial charge in [0.25, 0.3) is 0 Å². The van der Waals surface area contributed by atoms with Crippen LogP contribution in [0.2, 0.25) is 0 Å². The Kier molecular flexibility index (Phi) is 5.25. The summed E-state index contributed by atoms with van der Waals surface area (Å²) in [6.45, 7) is 5.67. The zero-order valence-electron chi connectivity index (χ0n) is 15.5. The summed E-state index contributed by atoms with van der Waals surface area (Å²) in [4.78, 5) is 15.4. The molecule has 0 fully saturated rings. The summed E-state index contributed by atoms with van der Waals surface area (Å²) in [6, 6.07) is 14.9. The van der Waals surface area contributed by atoms with E-state index in [4.69, 9.17) is 9.47 Å². The van der Waals surface area contributed by atoms with Gasteiger partial charge in [-0.25, -0.2) is 4.79 Å². The quantitative estimate of drug-likeness (QED) is 0.476. The van der Waals surface area contributed by atoms with Crippen LogP contribution in [0.25, 0.3) is 10.9 Å². The minimum absolute atomic E-state index is 0.000501. The van der Waals surface area contributed by atoms with Crippen LogP contribution in [0.3, 0.4) is 0 Å². The van der Waals surface area contributed by atoms with E-state index in [9.17, 15) is 14.8 Å². The van der Waals surface area contributed by atoms with Gasteiger partial charge < -0.3 is 24.5 Å². The molecular weight excluding hydrogens is 345 g/mol.